The Morgan fingerprint density at radius 1 is 0.946 bits per heavy atom. The third-order valence-corrected chi connectivity index (χ3v) is 7.02. The molecule has 0 saturated carbocycles. The highest BCUT2D eigenvalue weighted by Gasteiger charge is 2.32. The number of halogens is 3. The molecule has 3 saturated heterocycles. The molecular weight excluding hydrogens is 489 g/mol. The van der Waals surface area contributed by atoms with Gasteiger partial charge in [0.25, 0.3) is 5.91 Å². The van der Waals surface area contributed by atoms with Crippen molar-refractivity contribution in [3.63, 3.8) is 0 Å². The van der Waals surface area contributed by atoms with E-state index < -0.39 is 12.1 Å². The maximum atomic E-state index is 12.8. The third-order valence-electron chi connectivity index (χ3n) is 7.02. The number of nitrogens with zero attached hydrogens (tertiary/aromatic N) is 6. The molecular formula is C25H31F3N6O3. The predicted octanol–water partition coefficient (Wildman–Crippen LogP) is 2.64. The van der Waals surface area contributed by atoms with Gasteiger partial charge >= 0.3 is 6.36 Å². The van der Waals surface area contributed by atoms with Crippen LogP contribution in [0, 0.1) is 0 Å². The van der Waals surface area contributed by atoms with Gasteiger partial charge in [-0.25, -0.2) is 0 Å². The molecule has 1 aromatic carbocycles. The van der Waals surface area contributed by atoms with Crippen LogP contribution >= 0.6 is 0 Å². The SMILES string of the molecule is O=C(c1cccc(OC(F)(F)F)c1)N1CCN(c2ccc(N3CCN(CC4CCCO4)CC3)nn2)CC1. The fourth-order valence-corrected chi connectivity index (χ4v) is 5.04. The number of amides is 1. The van der Waals surface area contributed by atoms with Crippen LogP contribution in [-0.4, -0.2) is 104 Å². The van der Waals surface area contributed by atoms with E-state index in [2.05, 4.69) is 29.6 Å². The van der Waals surface area contributed by atoms with Crippen LogP contribution in [0.15, 0.2) is 36.4 Å². The first-order valence-electron chi connectivity index (χ1n) is 12.7. The lowest BCUT2D eigenvalue weighted by Gasteiger charge is -2.37. The standard InChI is InChI=1S/C25H31F3N6O3/c26-25(27,28)37-20-4-1-3-19(17-20)24(35)34-14-12-33(13-15-34)23-7-6-22(29-30-23)32-10-8-31(9-11-32)18-21-5-2-16-36-21/h1,3-4,6-7,17,21H,2,5,8-16,18H2. The van der Waals surface area contributed by atoms with Crippen molar-refractivity contribution >= 4 is 17.5 Å². The number of alkyl halides is 3. The monoisotopic (exact) mass is 520 g/mol. The highest BCUT2D eigenvalue weighted by molar-refractivity contribution is 5.94. The second-order valence-corrected chi connectivity index (χ2v) is 9.53. The van der Waals surface area contributed by atoms with Gasteiger partial charge in [0.15, 0.2) is 11.6 Å². The Kier molecular flexibility index (Phi) is 7.65. The summed E-state index contributed by atoms with van der Waals surface area (Å²) in [6, 6.07) is 9.11. The van der Waals surface area contributed by atoms with E-state index in [1.807, 2.05) is 12.1 Å². The molecule has 3 aliphatic heterocycles. The fourth-order valence-electron chi connectivity index (χ4n) is 5.04. The molecule has 5 rings (SSSR count). The lowest BCUT2D eigenvalue weighted by atomic mass is 10.1. The van der Waals surface area contributed by atoms with Crippen molar-refractivity contribution < 1.29 is 27.4 Å². The van der Waals surface area contributed by atoms with Gasteiger partial charge in [-0.05, 0) is 43.2 Å². The largest absolute Gasteiger partial charge is 0.573 e. The highest BCUT2D eigenvalue weighted by Crippen LogP contribution is 2.25. The summed E-state index contributed by atoms with van der Waals surface area (Å²) in [6.45, 7) is 7.61. The predicted molar refractivity (Wildman–Crippen MR) is 131 cm³/mol. The number of aromatic nitrogens is 2. The number of hydrogen-bond acceptors (Lipinski definition) is 8. The average Bonchev–Trinajstić information content (AvgIpc) is 3.41. The summed E-state index contributed by atoms with van der Waals surface area (Å²) >= 11 is 0. The first-order chi connectivity index (χ1) is 17.8. The number of ether oxygens (including phenoxy) is 2. The Bertz CT molecular complexity index is 1050. The number of anilines is 2. The molecule has 9 nitrogen and oxygen atoms in total. The molecule has 3 fully saturated rings. The molecule has 0 aliphatic carbocycles. The minimum Gasteiger partial charge on any atom is -0.406 e. The molecule has 37 heavy (non-hydrogen) atoms. The molecule has 1 amide bonds. The summed E-state index contributed by atoms with van der Waals surface area (Å²) in [6.07, 6.45) is -2.12. The van der Waals surface area contributed by atoms with E-state index in [1.165, 1.54) is 18.2 Å². The Morgan fingerprint density at radius 2 is 1.59 bits per heavy atom. The number of carbonyl (C=O) groups is 1. The number of rotatable bonds is 6. The van der Waals surface area contributed by atoms with Crippen molar-refractivity contribution in [2.24, 2.45) is 0 Å². The van der Waals surface area contributed by atoms with Crippen molar-refractivity contribution in [1.29, 1.82) is 0 Å². The van der Waals surface area contributed by atoms with Crippen molar-refractivity contribution in [3.05, 3.63) is 42.0 Å². The molecule has 2 aromatic rings. The summed E-state index contributed by atoms with van der Waals surface area (Å²) in [7, 11) is 0. The quantitative estimate of drug-likeness (QED) is 0.576. The Balaban J connectivity index is 1.10. The first-order valence-corrected chi connectivity index (χ1v) is 12.7. The number of benzene rings is 1. The van der Waals surface area contributed by atoms with Gasteiger partial charge < -0.3 is 24.2 Å². The second-order valence-electron chi connectivity index (χ2n) is 9.53. The lowest BCUT2D eigenvalue weighted by Crippen LogP contribution is -2.49. The van der Waals surface area contributed by atoms with Crippen LogP contribution in [0.1, 0.15) is 23.2 Å². The molecule has 0 bridgehead atoms. The molecule has 200 valence electrons. The summed E-state index contributed by atoms with van der Waals surface area (Å²) in [5.41, 5.74) is 0.162. The molecule has 0 spiro atoms. The first kappa shape index (κ1) is 25.5. The van der Waals surface area contributed by atoms with Gasteiger partial charge in [0.1, 0.15) is 5.75 Å². The van der Waals surface area contributed by atoms with Crippen LogP contribution in [0.2, 0.25) is 0 Å². The molecule has 12 heteroatoms. The minimum absolute atomic E-state index is 0.162. The van der Waals surface area contributed by atoms with Gasteiger partial charge in [0.2, 0.25) is 0 Å². The highest BCUT2D eigenvalue weighted by atomic mass is 19.4. The lowest BCUT2D eigenvalue weighted by molar-refractivity contribution is -0.274. The van der Waals surface area contributed by atoms with Gasteiger partial charge in [0, 0.05) is 71.1 Å². The van der Waals surface area contributed by atoms with Crippen LogP contribution < -0.4 is 14.5 Å². The normalized spacial score (nSPS) is 21.4. The summed E-state index contributed by atoms with van der Waals surface area (Å²) in [4.78, 5) is 21.2. The molecule has 4 heterocycles. The Morgan fingerprint density at radius 3 is 2.16 bits per heavy atom. The number of carbonyl (C=O) groups excluding carboxylic acids is 1. The van der Waals surface area contributed by atoms with E-state index in [4.69, 9.17) is 4.74 Å². The minimum atomic E-state index is -4.80. The van der Waals surface area contributed by atoms with Gasteiger partial charge in [-0.3, -0.25) is 9.69 Å². The maximum absolute atomic E-state index is 12.8. The average molecular weight is 521 g/mol. The van der Waals surface area contributed by atoms with E-state index in [0.717, 1.165) is 69.9 Å². The van der Waals surface area contributed by atoms with Gasteiger partial charge in [0.05, 0.1) is 6.10 Å². The molecule has 1 aromatic heterocycles. The summed E-state index contributed by atoms with van der Waals surface area (Å²) < 4.78 is 47.2. The van der Waals surface area contributed by atoms with Crippen LogP contribution in [0.25, 0.3) is 0 Å². The molecule has 1 atom stereocenters. The van der Waals surface area contributed by atoms with Crippen molar-refractivity contribution in [1.82, 2.24) is 20.0 Å². The molecule has 0 N–H and O–H groups in total. The molecule has 3 aliphatic rings. The second kappa shape index (κ2) is 11.1. The zero-order valence-electron chi connectivity index (χ0n) is 20.6. The van der Waals surface area contributed by atoms with E-state index >= 15 is 0 Å². The third kappa shape index (κ3) is 6.61. The van der Waals surface area contributed by atoms with Crippen LogP contribution in [0.5, 0.6) is 5.75 Å². The maximum Gasteiger partial charge on any atom is 0.573 e. The van der Waals surface area contributed by atoms with Crippen molar-refractivity contribution in [2.45, 2.75) is 25.3 Å². The smallest absolute Gasteiger partial charge is 0.406 e. The topological polar surface area (TPSA) is 74.3 Å². The van der Waals surface area contributed by atoms with Gasteiger partial charge in [-0.1, -0.05) is 6.07 Å². The van der Waals surface area contributed by atoms with Crippen LogP contribution in [0.3, 0.4) is 0 Å². The Hall–Kier alpha value is -3.12. The Labute approximate surface area is 213 Å². The van der Waals surface area contributed by atoms with Crippen molar-refractivity contribution in [2.75, 3.05) is 75.3 Å². The van der Waals surface area contributed by atoms with Gasteiger partial charge in [-0.2, -0.15) is 0 Å². The van der Waals surface area contributed by atoms with E-state index in [9.17, 15) is 18.0 Å². The van der Waals surface area contributed by atoms with Crippen LogP contribution in [0.4, 0.5) is 24.8 Å². The van der Waals surface area contributed by atoms with E-state index in [1.54, 1.807) is 4.90 Å². The van der Waals surface area contributed by atoms with Gasteiger partial charge in [-0.15, -0.1) is 23.4 Å². The molecule has 1 unspecified atom stereocenters. The zero-order valence-corrected chi connectivity index (χ0v) is 20.6. The van der Waals surface area contributed by atoms with Crippen molar-refractivity contribution in [3.8, 4) is 5.75 Å². The summed E-state index contributed by atoms with van der Waals surface area (Å²) in [5, 5.41) is 8.88. The fraction of sp³-hybridized carbons (Fsp3) is 0.560. The number of hydrogen-bond donors (Lipinski definition) is 0. The zero-order chi connectivity index (χ0) is 25.8. The van der Waals surface area contributed by atoms with E-state index in [0.29, 0.717) is 32.3 Å². The van der Waals surface area contributed by atoms with Crippen LogP contribution in [-0.2, 0) is 4.74 Å². The van der Waals surface area contributed by atoms with E-state index in [-0.39, 0.29) is 11.5 Å². The summed E-state index contributed by atoms with van der Waals surface area (Å²) in [5.74, 6) is 0.868. The molecule has 0 radical (unpaired) electrons. The number of piperazine rings is 2.